The number of hydrogen-bond donors (Lipinski definition) is 1. The number of aromatic nitrogens is 5. The van der Waals surface area contributed by atoms with Gasteiger partial charge in [-0.25, -0.2) is 4.52 Å². The lowest BCUT2D eigenvalue weighted by atomic mass is 10.4. The van der Waals surface area contributed by atoms with E-state index < -0.39 is 0 Å². The van der Waals surface area contributed by atoms with Gasteiger partial charge in [0.15, 0.2) is 0 Å². The SMILES string of the molecule is Nc1ccn(CCCn2ccn3nccc3c2=O)n1. The molecule has 0 aromatic carbocycles. The van der Waals surface area contributed by atoms with Crippen molar-refractivity contribution < 1.29 is 0 Å². The minimum atomic E-state index is -0.0278. The highest BCUT2D eigenvalue weighted by Crippen LogP contribution is 1.99. The van der Waals surface area contributed by atoms with E-state index in [2.05, 4.69) is 10.2 Å². The van der Waals surface area contributed by atoms with Gasteiger partial charge in [0, 0.05) is 31.7 Å². The summed E-state index contributed by atoms with van der Waals surface area (Å²) in [5.41, 5.74) is 6.10. The average molecular weight is 258 g/mol. The van der Waals surface area contributed by atoms with Crippen LogP contribution in [0.25, 0.3) is 5.52 Å². The molecule has 0 aliphatic heterocycles. The molecule has 3 aromatic heterocycles. The standard InChI is InChI=1S/C12H14N6O/c13-11-3-7-17(15-11)6-1-5-16-8-9-18-10(12(16)19)2-4-14-18/h2-4,7-9H,1,5-6H2,(H2,13,15). The number of nitrogens with two attached hydrogens (primary N) is 1. The maximum atomic E-state index is 12.1. The Balaban J connectivity index is 1.71. The van der Waals surface area contributed by atoms with E-state index in [-0.39, 0.29) is 5.56 Å². The minimum absolute atomic E-state index is 0.0278. The fourth-order valence-electron chi connectivity index (χ4n) is 2.04. The van der Waals surface area contributed by atoms with Crippen molar-refractivity contribution in [2.24, 2.45) is 0 Å². The Morgan fingerprint density at radius 2 is 2.05 bits per heavy atom. The fourth-order valence-corrected chi connectivity index (χ4v) is 2.04. The number of aryl methyl sites for hydroxylation is 2. The molecule has 0 saturated carbocycles. The highest BCUT2D eigenvalue weighted by Gasteiger charge is 2.03. The number of nitrogens with zero attached hydrogens (tertiary/aromatic N) is 5. The monoisotopic (exact) mass is 258 g/mol. The minimum Gasteiger partial charge on any atom is -0.382 e. The van der Waals surface area contributed by atoms with Crippen molar-refractivity contribution in [1.82, 2.24) is 24.0 Å². The summed E-state index contributed by atoms with van der Waals surface area (Å²) in [7, 11) is 0. The number of hydrogen-bond acceptors (Lipinski definition) is 4. The van der Waals surface area contributed by atoms with E-state index >= 15 is 0 Å². The molecular weight excluding hydrogens is 244 g/mol. The molecule has 0 unspecified atom stereocenters. The smallest absolute Gasteiger partial charge is 0.276 e. The maximum Gasteiger partial charge on any atom is 0.276 e. The Bertz CT molecular complexity index is 753. The number of anilines is 1. The molecule has 0 aliphatic rings. The van der Waals surface area contributed by atoms with Gasteiger partial charge in [-0.05, 0) is 18.6 Å². The molecule has 7 nitrogen and oxygen atoms in total. The van der Waals surface area contributed by atoms with Crippen molar-refractivity contribution in [3.05, 3.63) is 47.3 Å². The Labute approximate surface area is 108 Å². The van der Waals surface area contributed by atoms with Crippen LogP contribution in [0.2, 0.25) is 0 Å². The van der Waals surface area contributed by atoms with Gasteiger partial charge in [-0.1, -0.05) is 0 Å². The van der Waals surface area contributed by atoms with Gasteiger partial charge in [-0.15, -0.1) is 0 Å². The maximum absolute atomic E-state index is 12.1. The van der Waals surface area contributed by atoms with Crippen molar-refractivity contribution in [3.8, 4) is 0 Å². The molecule has 19 heavy (non-hydrogen) atoms. The summed E-state index contributed by atoms with van der Waals surface area (Å²) in [5, 5.41) is 8.13. The third-order valence-corrected chi connectivity index (χ3v) is 2.99. The van der Waals surface area contributed by atoms with E-state index in [4.69, 9.17) is 5.73 Å². The molecule has 0 spiro atoms. The molecule has 3 aromatic rings. The van der Waals surface area contributed by atoms with Crippen LogP contribution >= 0.6 is 0 Å². The van der Waals surface area contributed by atoms with Gasteiger partial charge in [-0.3, -0.25) is 9.48 Å². The van der Waals surface area contributed by atoms with Crippen LogP contribution in [0.4, 0.5) is 5.82 Å². The van der Waals surface area contributed by atoms with Gasteiger partial charge in [0.25, 0.3) is 5.56 Å². The Hall–Kier alpha value is -2.57. The van der Waals surface area contributed by atoms with Gasteiger partial charge in [0.05, 0.1) is 6.20 Å². The molecule has 7 heteroatoms. The van der Waals surface area contributed by atoms with Crippen LogP contribution in [0.15, 0.2) is 41.7 Å². The van der Waals surface area contributed by atoms with E-state index in [1.165, 1.54) is 0 Å². The molecule has 0 radical (unpaired) electrons. The van der Waals surface area contributed by atoms with Crippen LogP contribution < -0.4 is 11.3 Å². The third-order valence-electron chi connectivity index (χ3n) is 2.99. The molecule has 0 atom stereocenters. The first-order chi connectivity index (χ1) is 9.24. The largest absolute Gasteiger partial charge is 0.382 e. The lowest BCUT2D eigenvalue weighted by Crippen LogP contribution is -2.22. The zero-order chi connectivity index (χ0) is 13.2. The topological polar surface area (TPSA) is 83.1 Å². The second-order valence-electron chi connectivity index (χ2n) is 4.31. The van der Waals surface area contributed by atoms with Crippen molar-refractivity contribution in [2.45, 2.75) is 19.5 Å². The summed E-state index contributed by atoms with van der Waals surface area (Å²) in [5.74, 6) is 0.512. The fraction of sp³-hybridized carbons (Fsp3) is 0.250. The first kappa shape index (κ1) is 11.5. The molecule has 3 heterocycles. The molecular formula is C12H14N6O. The summed E-state index contributed by atoms with van der Waals surface area (Å²) in [4.78, 5) is 12.1. The van der Waals surface area contributed by atoms with Crippen molar-refractivity contribution in [3.63, 3.8) is 0 Å². The first-order valence-corrected chi connectivity index (χ1v) is 6.06. The van der Waals surface area contributed by atoms with Crippen molar-refractivity contribution in [1.29, 1.82) is 0 Å². The molecule has 0 amide bonds. The number of rotatable bonds is 4. The second-order valence-corrected chi connectivity index (χ2v) is 4.31. The van der Waals surface area contributed by atoms with Crippen LogP contribution in [0.3, 0.4) is 0 Å². The van der Waals surface area contributed by atoms with Crippen molar-refractivity contribution >= 4 is 11.3 Å². The van der Waals surface area contributed by atoms with Crippen molar-refractivity contribution in [2.75, 3.05) is 5.73 Å². The van der Waals surface area contributed by atoms with Crippen LogP contribution in [-0.4, -0.2) is 24.0 Å². The zero-order valence-corrected chi connectivity index (χ0v) is 10.3. The van der Waals surface area contributed by atoms with Gasteiger partial charge in [-0.2, -0.15) is 10.2 Å². The van der Waals surface area contributed by atoms with E-state index in [0.717, 1.165) is 13.0 Å². The number of fused-ring (bicyclic) bond motifs is 1. The third kappa shape index (κ3) is 2.22. The van der Waals surface area contributed by atoms with Gasteiger partial charge in [0.2, 0.25) is 0 Å². The lowest BCUT2D eigenvalue weighted by molar-refractivity contribution is 0.520. The van der Waals surface area contributed by atoms with Crippen LogP contribution in [-0.2, 0) is 13.1 Å². The van der Waals surface area contributed by atoms with E-state index in [0.29, 0.717) is 17.9 Å². The van der Waals surface area contributed by atoms with Gasteiger partial charge in [0.1, 0.15) is 11.3 Å². The van der Waals surface area contributed by atoms with Crippen LogP contribution in [0.5, 0.6) is 0 Å². The predicted molar refractivity (Wildman–Crippen MR) is 70.7 cm³/mol. The lowest BCUT2D eigenvalue weighted by Gasteiger charge is -2.06. The number of nitrogen functional groups attached to an aromatic ring is 1. The first-order valence-electron chi connectivity index (χ1n) is 6.06. The molecule has 0 saturated heterocycles. The average Bonchev–Trinajstić information content (AvgIpc) is 3.01. The van der Waals surface area contributed by atoms with E-state index in [1.807, 2.05) is 6.20 Å². The summed E-state index contributed by atoms with van der Waals surface area (Å²) in [6.45, 7) is 1.37. The quantitative estimate of drug-likeness (QED) is 0.732. The predicted octanol–water partition coefficient (Wildman–Crippen LogP) is 0.365. The Morgan fingerprint density at radius 1 is 1.16 bits per heavy atom. The normalized spacial score (nSPS) is 11.2. The molecule has 2 N–H and O–H groups in total. The molecule has 98 valence electrons. The van der Waals surface area contributed by atoms with Crippen LogP contribution in [0.1, 0.15) is 6.42 Å². The molecule has 0 bridgehead atoms. The summed E-state index contributed by atoms with van der Waals surface area (Å²) < 4.78 is 5.04. The summed E-state index contributed by atoms with van der Waals surface area (Å²) in [6, 6.07) is 3.47. The van der Waals surface area contributed by atoms with E-state index in [1.54, 1.807) is 44.5 Å². The molecule has 0 aliphatic carbocycles. The Kier molecular flexibility index (Phi) is 2.79. The highest BCUT2D eigenvalue weighted by atomic mass is 16.1. The highest BCUT2D eigenvalue weighted by molar-refractivity contribution is 5.42. The van der Waals surface area contributed by atoms with Crippen LogP contribution in [0, 0.1) is 0 Å². The molecule has 0 fully saturated rings. The summed E-state index contributed by atoms with van der Waals surface area (Å²) >= 11 is 0. The second kappa shape index (κ2) is 4.60. The summed E-state index contributed by atoms with van der Waals surface area (Å²) in [6.07, 6.45) is 7.79. The van der Waals surface area contributed by atoms with E-state index in [9.17, 15) is 4.79 Å². The molecule has 3 rings (SSSR count). The zero-order valence-electron chi connectivity index (χ0n) is 10.3. The van der Waals surface area contributed by atoms with Gasteiger partial charge >= 0.3 is 0 Å². The van der Waals surface area contributed by atoms with Gasteiger partial charge < -0.3 is 10.3 Å². The Morgan fingerprint density at radius 3 is 2.84 bits per heavy atom.